The summed E-state index contributed by atoms with van der Waals surface area (Å²) >= 11 is 3.34. The second-order valence-corrected chi connectivity index (χ2v) is 5.30. The van der Waals surface area contributed by atoms with E-state index in [1.807, 2.05) is 6.26 Å². The second kappa shape index (κ2) is 6.81. The Morgan fingerprint density at radius 2 is 2.19 bits per heavy atom. The Morgan fingerprint density at radius 3 is 2.81 bits per heavy atom. The van der Waals surface area contributed by atoms with Gasteiger partial charge in [0.25, 0.3) is 0 Å². The van der Waals surface area contributed by atoms with Crippen molar-refractivity contribution in [3.05, 3.63) is 29.6 Å². The molecular formula is C11H13FO2S2. The first-order chi connectivity index (χ1) is 7.65. The molecule has 2 nitrogen and oxygen atoms in total. The first-order valence-electron chi connectivity index (χ1n) is 4.79. The zero-order chi connectivity index (χ0) is 12.0. The van der Waals surface area contributed by atoms with Gasteiger partial charge in [-0.25, -0.2) is 9.18 Å². The highest BCUT2D eigenvalue weighted by Crippen LogP contribution is 2.22. The SMILES string of the molecule is CSCCCSc1ccc(F)c(C(=O)O)c1. The number of thioether (sulfide) groups is 2. The molecule has 0 bridgehead atoms. The van der Waals surface area contributed by atoms with Gasteiger partial charge in [0.1, 0.15) is 5.82 Å². The van der Waals surface area contributed by atoms with Crippen molar-refractivity contribution in [3.63, 3.8) is 0 Å². The van der Waals surface area contributed by atoms with Gasteiger partial charge in [-0.2, -0.15) is 11.8 Å². The lowest BCUT2D eigenvalue weighted by atomic mass is 10.2. The van der Waals surface area contributed by atoms with Crippen molar-refractivity contribution in [2.45, 2.75) is 11.3 Å². The Hall–Kier alpha value is -0.680. The molecule has 0 heterocycles. The lowest BCUT2D eigenvalue weighted by molar-refractivity contribution is 0.0691. The molecule has 16 heavy (non-hydrogen) atoms. The zero-order valence-corrected chi connectivity index (χ0v) is 10.5. The molecule has 0 aliphatic heterocycles. The Kier molecular flexibility index (Phi) is 5.69. The van der Waals surface area contributed by atoms with Gasteiger partial charge in [-0.1, -0.05) is 0 Å². The fraction of sp³-hybridized carbons (Fsp3) is 0.364. The van der Waals surface area contributed by atoms with Gasteiger partial charge < -0.3 is 5.11 Å². The summed E-state index contributed by atoms with van der Waals surface area (Å²) < 4.78 is 13.1. The fourth-order valence-electron chi connectivity index (χ4n) is 1.15. The van der Waals surface area contributed by atoms with E-state index in [1.54, 1.807) is 29.6 Å². The maximum Gasteiger partial charge on any atom is 0.338 e. The van der Waals surface area contributed by atoms with Crippen molar-refractivity contribution < 1.29 is 14.3 Å². The Morgan fingerprint density at radius 1 is 1.44 bits per heavy atom. The molecule has 1 rings (SSSR count). The van der Waals surface area contributed by atoms with Crippen LogP contribution < -0.4 is 0 Å². The van der Waals surface area contributed by atoms with Crippen molar-refractivity contribution in [2.75, 3.05) is 17.8 Å². The monoisotopic (exact) mass is 260 g/mol. The van der Waals surface area contributed by atoms with Crippen molar-refractivity contribution in [3.8, 4) is 0 Å². The van der Waals surface area contributed by atoms with Gasteiger partial charge in [0.15, 0.2) is 0 Å². The largest absolute Gasteiger partial charge is 0.478 e. The third-order valence-corrected chi connectivity index (χ3v) is 3.71. The normalized spacial score (nSPS) is 10.4. The quantitative estimate of drug-likeness (QED) is 0.628. The van der Waals surface area contributed by atoms with Crippen LogP contribution in [0.1, 0.15) is 16.8 Å². The number of carboxylic acids is 1. The van der Waals surface area contributed by atoms with Gasteiger partial charge in [-0.15, -0.1) is 11.8 Å². The standard InChI is InChI=1S/C11H13FO2S2/c1-15-5-2-6-16-8-3-4-10(12)9(7-8)11(13)14/h3-4,7H,2,5-6H2,1H3,(H,13,14). The number of carboxylic acid groups (broad SMARTS) is 1. The van der Waals surface area contributed by atoms with Gasteiger partial charge in [-0.05, 0) is 42.4 Å². The highest BCUT2D eigenvalue weighted by molar-refractivity contribution is 7.99. The highest BCUT2D eigenvalue weighted by atomic mass is 32.2. The van der Waals surface area contributed by atoms with Crippen molar-refractivity contribution in [1.82, 2.24) is 0 Å². The molecule has 0 aromatic heterocycles. The van der Waals surface area contributed by atoms with Crippen LogP contribution in [0.4, 0.5) is 4.39 Å². The summed E-state index contributed by atoms with van der Waals surface area (Å²) in [4.78, 5) is 11.5. The van der Waals surface area contributed by atoms with Gasteiger partial charge >= 0.3 is 5.97 Å². The Labute approximate surface area is 103 Å². The topological polar surface area (TPSA) is 37.3 Å². The number of hydrogen-bond acceptors (Lipinski definition) is 3. The lowest BCUT2D eigenvalue weighted by Crippen LogP contribution is -2.00. The third-order valence-electron chi connectivity index (χ3n) is 1.93. The van der Waals surface area contributed by atoms with E-state index >= 15 is 0 Å². The van der Waals surface area contributed by atoms with Crippen LogP contribution >= 0.6 is 23.5 Å². The van der Waals surface area contributed by atoms with Crippen LogP contribution in [0.5, 0.6) is 0 Å². The highest BCUT2D eigenvalue weighted by Gasteiger charge is 2.10. The first kappa shape index (κ1) is 13.4. The molecule has 0 aliphatic carbocycles. The molecule has 0 spiro atoms. The van der Waals surface area contributed by atoms with E-state index in [9.17, 15) is 9.18 Å². The molecule has 0 amide bonds. The van der Waals surface area contributed by atoms with E-state index in [-0.39, 0.29) is 5.56 Å². The average molecular weight is 260 g/mol. The van der Waals surface area contributed by atoms with Crippen LogP contribution in [-0.2, 0) is 0 Å². The minimum atomic E-state index is -1.22. The fourth-order valence-corrected chi connectivity index (χ4v) is 2.66. The minimum Gasteiger partial charge on any atom is -0.478 e. The molecule has 1 aromatic rings. The van der Waals surface area contributed by atoms with E-state index in [1.165, 1.54) is 12.1 Å². The van der Waals surface area contributed by atoms with Crippen LogP contribution in [0.3, 0.4) is 0 Å². The van der Waals surface area contributed by atoms with Gasteiger partial charge in [0, 0.05) is 4.90 Å². The first-order valence-corrected chi connectivity index (χ1v) is 7.17. The van der Waals surface area contributed by atoms with Crippen molar-refractivity contribution in [1.29, 1.82) is 0 Å². The minimum absolute atomic E-state index is 0.255. The predicted octanol–water partition coefficient (Wildman–Crippen LogP) is 3.37. The molecule has 1 N–H and O–H groups in total. The number of rotatable bonds is 6. The lowest BCUT2D eigenvalue weighted by Gasteiger charge is -2.03. The summed E-state index contributed by atoms with van der Waals surface area (Å²) in [5.41, 5.74) is -0.255. The number of benzene rings is 1. The van der Waals surface area contributed by atoms with E-state index in [0.717, 1.165) is 22.8 Å². The van der Waals surface area contributed by atoms with Crippen LogP contribution in [0.25, 0.3) is 0 Å². The molecular weight excluding hydrogens is 247 g/mol. The molecule has 0 unspecified atom stereocenters. The van der Waals surface area contributed by atoms with Crippen LogP contribution in [0.15, 0.2) is 23.1 Å². The number of carbonyl (C=O) groups is 1. The van der Waals surface area contributed by atoms with Crippen LogP contribution in [0, 0.1) is 5.82 Å². The third kappa shape index (κ3) is 4.06. The zero-order valence-electron chi connectivity index (χ0n) is 8.90. The van der Waals surface area contributed by atoms with Crippen LogP contribution in [-0.4, -0.2) is 28.8 Å². The summed E-state index contributed by atoms with van der Waals surface area (Å²) in [7, 11) is 0. The van der Waals surface area contributed by atoms with E-state index < -0.39 is 11.8 Å². The maximum absolute atomic E-state index is 13.1. The van der Waals surface area contributed by atoms with Crippen LogP contribution in [0.2, 0.25) is 0 Å². The molecule has 0 aliphatic rings. The number of hydrogen-bond donors (Lipinski definition) is 1. The number of aromatic carboxylic acids is 1. The summed E-state index contributed by atoms with van der Waals surface area (Å²) in [6, 6.07) is 4.22. The smallest absolute Gasteiger partial charge is 0.338 e. The Balaban J connectivity index is 2.61. The van der Waals surface area contributed by atoms with Crippen molar-refractivity contribution in [2.24, 2.45) is 0 Å². The summed E-state index contributed by atoms with van der Waals surface area (Å²) in [5.74, 6) is 0.107. The molecule has 0 radical (unpaired) electrons. The molecule has 88 valence electrons. The maximum atomic E-state index is 13.1. The van der Waals surface area contributed by atoms with Gasteiger partial charge in [0.2, 0.25) is 0 Å². The molecule has 0 saturated heterocycles. The summed E-state index contributed by atoms with van der Waals surface area (Å²) in [5, 5.41) is 8.75. The molecule has 5 heteroatoms. The van der Waals surface area contributed by atoms with Gasteiger partial charge in [0.05, 0.1) is 5.56 Å². The van der Waals surface area contributed by atoms with E-state index in [4.69, 9.17) is 5.11 Å². The molecule has 0 fully saturated rings. The molecule has 0 atom stereocenters. The summed E-state index contributed by atoms with van der Waals surface area (Å²) in [6.07, 6.45) is 3.11. The second-order valence-electron chi connectivity index (χ2n) is 3.14. The van der Waals surface area contributed by atoms with Gasteiger partial charge in [-0.3, -0.25) is 0 Å². The summed E-state index contributed by atoms with van der Waals surface area (Å²) in [6.45, 7) is 0. The van der Waals surface area contributed by atoms with E-state index in [0.29, 0.717) is 0 Å². The van der Waals surface area contributed by atoms with E-state index in [2.05, 4.69) is 0 Å². The molecule has 0 saturated carbocycles. The predicted molar refractivity (Wildman–Crippen MR) is 67.1 cm³/mol. The number of halogens is 1. The Bertz CT molecular complexity index is 369. The van der Waals surface area contributed by atoms with Crippen molar-refractivity contribution >= 4 is 29.5 Å². The average Bonchev–Trinajstić information content (AvgIpc) is 2.26. The molecule has 1 aromatic carbocycles.